The van der Waals surface area contributed by atoms with Gasteiger partial charge in [-0.3, -0.25) is 0 Å². The third-order valence-electron chi connectivity index (χ3n) is 9.88. The molecule has 0 bridgehead atoms. The molecule has 10 aromatic rings. The summed E-state index contributed by atoms with van der Waals surface area (Å²) in [5.74, 6) is 0. The summed E-state index contributed by atoms with van der Waals surface area (Å²) >= 11 is 0. The van der Waals surface area contributed by atoms with Gasteiger partial charge >= 0.3 is 0 Å². The van der Waals surface area contributed by atoms with Crippen LogP contribution < -0.4 is 4.90 Å². The van der Waals surface area contributed by atoms with Crippen molar-refractivity contribution in [1.29, 1.82) is 0 Å². The van der Waals surface area contributed by atoms with Crippen molar-refractivity contribution in [2.24, 2.45) is 0 Å². The molecule has 3 nitrogen and oxygen atoms in total. The van der Waals surface area contributed by atoms with Crippen LogP contribution in [0.25, 0.3) is 77.3 Å². The standard InChI is InChI=1S/C48H31NO2/c1-3-12-32(13-4-1)34-22-24-35(25-23-34)47-42(28-29-45-48(47)41-19-8-10-21-44(41)50-45)49(37-17-11-16-36(30-37)33-14-5-2-6-15-33)38-26-27-40-39-18-7-9-20-43(39)51-46(40)31-38/h1-31H. The Balaban J connectivity index is 1.25. The number of rotatable bonds is 6. The number of furan rings is 2. The van der Waals surface area contributed by atoms with E-state index in [2.05, 4.69) is 169 Å². The third kappa shape index (κ3) is 4.98. The molecule has 0 radical (unpaired) electrons. The van der Waals surface area contributed by atoms with Crippen molar-refractivity contribution in [3.63, 3.8) is 0 Å². The highest BCUT2D eigenvalue weighted by Gasteiger charge is 2.24. The zero-order valence-corrected chi connectivity index (χ0v) is 27.7. The zero-order valence-electron chi connectivity index (χ0n) is 27.7. The highest BCUT2D eigenvalue weighted by atomic mass is 16.3. The summed E-state index contributed by atoms with van der Waals surface area (Å²) in [6.45, 7) is 0. The van der Waals surface area contributed by atoms with Gasteiger partial charge in [0.2, 0.25) is 0 Å². The first kappa shape index (κ1) is 29.1. The van der Waals surface area contributed by atoms with Crippen LogP contribution in [-0.4, -0.2) is 0 Å². The summed E-state index contributed by atoms with van der Waals surface area (Å²) in [6, 6.07) is 66.2. The first-order valence-electron chi connectivity index (χ1n) is 17.3. The lowest BCUT2D eigenvalue weighted by Crippen LogP contribution is -2.11. The SMILES string of the molecule is c1ccc(-c2ccc(-c3c(N(c4cccc(-c5ccccc5)c4)c4ccc5c(c4)oc4ccccc45)ccc4oc5ccccc5c34)cc2)cc1. The van der Waals surface area contributed by atoms with E-state index < -0.39 is 0 Å². The topological polar surface area (TPSA) is 29.5 Å². The second-order valence-corrected chi connectivity index (χ2v) is 12.9. The van der Waals surface area contributed by atoms with Crippen molar-refractivity contribution in [1.82, 2.24) is 0 Å². The molecule has 0 aliphatic rings. The molecule has 240 valence electrons. The third-order valence-corrected chi connectivity index (χ3v) is 9.88. The smallest absolute Gasteiger partial charge is 0.137 e. The minimum atomic E-state index is 0.849. The van der Waals surface area contributed by atoms with Crippen LogP contribution in [-0.2, 0) is 0 Å². The van der Waals surface area contributed by atoms with E-state index in [1.165, 1.54) is 16.7 Å². The Kier molecular flexibility index (Phi) is 6.81. The van der Waals surface area contributed by atoms with E-state index in [9.17, 15) is 0 Å². The van der Waals surface area contributed by atoms with Gasteiger partial charge in [0.05, 0.1) is 5.69 Å². The monoisotopic (exact) mass is 653 g/mol. The molecule has 0 fully saturated rings. The number of hydrogen-bond acceptors (Lipinski definition) is 3. The second kappa shape index (κ2) is 11.9. The fourth-order valence-corrected chi connectivity index (χ4v) is 7.48. The molecule has 51 heavy (non-hydrogen) atoms. The summed E-state index contributed by atoms with van der Waals surface area (Å²) < 4.78 is 12.9. The summed E-state index contributed by atoms with van der Waals surface area (Å²) in [5.41, 5.74) is 13.4. The molecule has 8 aromatic carbocycles. The maximum atomic E-state index is 6.49. The molecular weight excluding hydrogens is 623 g/mol. The molecular formula is C48H31NO2. The molecule has 10 rings (SSSR count). The van der Waals surface area contributed by atoms with Crippen LogP contribution in [0.1, 0.15) is 0 Å². The zero-order chi connectivity index (χ0) is 33.7. The van der Waals surface area contributed by atoms with Gasteiger partial charge in [0.15, 0.2) is 0 Å². The highest BCUT2D eigenvalue weighted by Crippen LogP contribution is 2.48. The number of nitrogens with zero attached hydrogens (tertiary/aromatic N) is 1. The average molecular weight is 654 g/mol. The predicted molar refractivity (Wildman–Crippen MR) is 212 cm³/mol. The van der Waals surface area contributed by atoms with Gasteiger partial charge in [0, 0.05) is 44.5 Å². The summed E-state index contributed by atoms with van der Waals surface area (Å²) in [7, 11) is 0. The molecule has 0 saturated heterocycles. The first-order valence-corrected chi connectivity index (χ1v) is 17.3. The van der Waals surface area contributed by atoms with Gasteiger partial charge in [-0.25, -0.2) is 0 Å². The molecule has 2 heterocycles. The maximum Gasteiger partial charge on any atom is 0.137 e. The summed E-state index contributed by atoms with van der Waals surface area (Å²) in [4.78, 5) is 2.36. The summed E-state index contributed by atoms with van der Waals surface area (Å²) in [6.07, 6.45) is 0. The molecule has 2 aromatic heterocycles. The van der Waals surface area contributed by atoms with Gasteiger partial charge < -0.3 is 13.7 Å². The van der Waals surface area contributed by atoms with Gasteiger partial charge in [-0.2, -0.15) is 0 Å². The Morgan fingerprint density at radius 2 is 0.863 bits per heavy atom. The minimum absolute atomic E-state index is 0.849. The number of para-hydroxylation sites is 2. The van der Waals surface area contributed by atoms with E-state index in [1.54, 1.807) is 0 Å². The lowest BCUT2D eigenvalue weighted by atomic mass is 9.94. The van der Waals surface area contributed by atoms with Crippen LogP contribution >= 0.6 is 0 Å². The van der Waals surface area contributed by atoms with Gasteiger partial charge in [-0.1, -0.05) is 133 Å². The van der Waals surface area contributed by atoms with Gasteiger partial charge in [0.1, 0.15) is 22.3 Å². The van der Waals surface area contributed by atoms with Crippen LogP contribution in [0.4, 0.5) is 17.1 Å². The van der Waals surface area contributed by atoms with Gasteiger partial charge in [-0.05, 0) is 76.3 Å². The minimum Gasteiger partial charge on any atom is -0.456 e. The van der Waals surface area contributed by atoms with Crippen molar-refractivity contribution in [3.05, 3.63) is 188 Å². The highest BCUT2D eigenvalue weighted by molar-refractivity contribution is 6.16. The van der Waals surface area contributed by atoms with Crippen molar-refractivity contribution in [3.8, 4) is 33.4 Å². The molecule has 0 aliphatic heterocycles. The van der Waals surface area contributed by atoms with E-state index in [4.69, 9.17) is 8.83 Å². The van der Waals surface area contributed by atoms with E-state index >= 15 is 0 Å². The molecule has 0 N–H and O–H groups in total. The largest absolute Gasteiger partial charge is 0.456 e. The van der Waals surface area contributed by atoms with E-state index in [1.807, 2.05) is 24.3 Å². The number of fused-ring (bicyclic) bond motifs is 6. The van der Waals surface area contributed by atoms with Crippen LogP contribution in [0, 0.1) is 0 Å². The number of hydrogen-bond donors (Lipinski definition) is 0. The van der Waals surface area contributed by atoms with Gasteiger partial charge in [-0.15, -0.1) is 0 Å². The van der Waals surface area contributed by atoms with Crippen LogP contribution in [0.2, 0.25) is 0 Å². The normalized spacial score (nSPS) is 11.5. The van der Waals surface area contributed by atoms with E-state index in [0.29, 0.717) is 0 Å². The van der Waals surface area contributed by atoms with Gasteiger partial charge in [0.25, 0.3) is 0 Å². The van der Waals surface area contributed by atoms with Crippen LogP contribution in [0.15, 0.2) is 197 Å². The maximum absolute atomic E-state index is 6.49. The Labute approximate surface area is 295 Å². The molecule has 0 aliphatic carbocycles. The molecule has 0 spiro atoms. The summed E-state index contributed by atoms with van der Waals surface area (Å²) in [5, 5.41) is 4.38. The second-order valence-electron chi connectivity index (χ2n) is 12.9. The molecule has 0 saturated carbocycles. The fraction of sp³-hybridized carbons (Fsp3) is 0. The molecule has 0 atom stereocenters. The molecule has 0 amide bonds. The lowest BCUT2D eigenvalue weighted by Gasteiger charge is -2.28. The van der Waals surface area contributed by atoms with Crippen molar-refractivity contribution >= 4 is 60.9 Å². The molecule has 3 heteroatoms. The van der Waals surface area contributed by atoms with Crippen molar-refractivity contribution in [2.75, 3.05) is 4.90 Å². The lowest BCUT2D eigenvalue weighted by molar-refractivity contribution is 0.668. The Morgan fingerprint density at radius 1 is 0.314 bits per heavy atom. The van der Waals surface area contributed by atoms with E-state index in [-0.39, 0.29) is 0 Å². The Bertz CT molecular complexity index is 2850. The predicted octanol–water partition coefficient (Wildman–Crippen LogP) is 14.0. The fourth-order valence-electron chi connectivity index (χ4n) is 7.48. The van der Waals surface area contributed by atoms with Crippen LogP contribution in [0.3, 0.4) is 0 Å². The Hall–Kier alpha value is -6.84. The Morgan fingerprint density at radius 3 is 1.63 bits per heavy atom. The quantitative estimate of drug-likeness (QED) is 0.179. The van der Waals surface area contributed by atoms with Crippen molar-refractivity contribution in [2.45, 2.75) is 0 Å². The average Bonchev–Trinajstić information content (AvgIpc) is 3.77. The van der Waals surface area contributed by atoms with E-state index in [0.717, 1.165) is 77.6 Å². The van der Waals surface area contributed by atoms with Crippen molar-refractivity contribution < 1.29 is 8.83 Å². The van der Waals surface area contributed by atoms with Crippen LogP contribution in [0.5, 0.6) is 0 Å². The molecule has 0 unspecified atom stereocenters. The first-order chi connectivity index (χ1) is 25.3. The number of anilines is 3. The number of benzene rings is 8.